The summed E-state index contributed by atoms with van der Waals surface area (Å²) in [6.07, 6.45) is 12.2. The number of carbonyl (C=O) groups is 1. The number of nitrogens with zero attached hydrogens (tertiary/aromatic N) is 5. The minimum Gasteiger partial charge on any atom is -0.331 e. The fourth-order valence-electron chi connectivity index (χ4n) is 3.01. The smallest absolute Gasteiger partial charge is 0.320 e. The lowest BCUT2D eigenvalue weighted by Gasteiger charge is -2.19. The molecule has 25 heavy (non-hydrogen) atoms. The van der Waals surface area contributed by atoms with Crippen molar-refractivity contribution in [3.8, 4) is 0 Å². The fourth-order valence-corrected chi connectivity index (χ4v) is 3.01. The van der Waals surface area contributed by atoms with Crippen LogP contribution in [0.2, 0.25) is 0 Å². The normalized spacial score (nSPS) is 16.8. The van der Waals surface area contributed by atoms with E-state index in [0.29, 0.717) is 18.3 Å². The molecule has 1 atom stereocenters. The first kappa shape index (κ1) is 17.2. The zero-order chi connectivity index (χ0) is 17.5. The van der Waals surface area contributed by atoms with Crippen LogP contribution in [0.3, 0.4) is 0 Å². The third-order valence-electron chi connectivity index (χ3n) is 4.33. The van der Waals surface area contributed by atoms with Gasteiger partial charge in [0, 0.05) is 19.2 Å². The summed E-state index contributed by atoms with van der Waals surface area (Å²) in [5.41, 5.74) is 0. The monoisotopic (exact) mass is 343 g/mol. The van der Waals surface area contributed by atoms with Gasteiger partial charge in [-0.05, 0) is 31.6 Å². The van der Waals surface area contributed by atoms with Gasteiger partial charge in [-0.3, -0.25) is 5.32 Å². The molecule has 0 saturated carbocycles. The predicted molar refractivity (Wildman–Crippen MR) is 94.9 cm³/mol. The first-order valence-corrected chi connectivity index (χ1v) is 8.84. The Hall–Kier alpha value is -2.64. The molecule has 0 radical (unpaired) electrons. The number of nitrogens with one attached hydrogen (secondary N) is 2. The zero-order valence-corrected chi connectivity index (χ0v) is 14.6. The SMILES string of the molecule is CCCn1cnnc1CNC(=O)Nc1ccnn1C[C@H]1CC=CCC1. The summed E-state index contributed by atoms with van der Waals surface area (Å²) in [7, 11) is 0. The van der Waals surface area contributed by atoms with E-state index >= 15 is 0 Å². The van der Waals surface area contributed by atoms with Crippen molar-refractivity contribution in [3.05, 3.63) is 36.6 Å². The van der Waals surface area contributed by atoms with Crippen LogP contribution in [0.1, 0.15) is 38.4 Å². The molecule has 0 unspecified atom stereocenters. The quantitative estimate of drug-likeness (QED) is 0.756. The number of urea groups is 1. The molecule has 8 heteroatoms. The first-order valence-electron chi connectivity index (χ1n) is 8.84. The Morgan fingerprint density at radius 1 is 1.40 bits per heavy atom. The number of anilines is 1. The van der Waals surface area contributed by atoms with Crippen LogP contribution in [0, 0.1) is 5.92 Å². The molecule has 8 nitrogen and oxygen atoms in total. The van der Waals surface area contributed by atoms with Gasteiger partial charge in [-0.2, -0.15) is 5.10 Å². The summed E-state index contributed by atoms with van der Waals surface area (Å²) >= 11 is 0. The number of hydrogen-bond donors (Lipinski definition) is 2. The lowest BCUT2D eigenvalue weighted by atomic mass is 9.94. The number of rotatable bonds is 7. The van der Waals surface area contributed by atoms with E-state index in [-0.39, 0.29) is 6.03 Å². The lowest BCUT2D eigenvalue weighted by Crippen LogP contribution is -2.30. The van der Waals surface area contributed by atoms with Crippen LogP contribution in [-0.2, 0) is 19.6 Å². The van der Waals surface area contributed by atoms with E-state index in [4.69, 9.17) is 0 Å². The Labute approximate surface area is 147 Å². The van der Waals surface area contributed by atoms with Crippen LogP contribution in [0.4, 0.5) is 10.6 Å². The van der Waals surface area contributed by atoms with Crippen LogP contribution >= 0.6 is 0 Å². The summed E-state index contributed by atoms with van der Waals surface area (Å²) < 4.78 is 3.81. The maximum atomic E-state index is 12.2. The Morgan fingerprint density at radius 2 is 2.32 bits per heavy atom. The molecular formula is C17H25N7O. The van der Waals surface area contributed by atoms with Gasteiger partial charge in [0.25, 0.3) is 0 Å². The average molecular weight is 343 g/mol. The van der Waals surface area contributed by atoms with Gasteiger partial charge in [-0.25, -0.2) is 9.48 Å². The molecule has 2 N–H and O–H groups in total. The van der Waals surface area contributed by atoms with E-state index < -0.39 is 0 Å². The van der Waals surface area contributed by atoms with E-state index in [9.17, 15) is 4.79 Å². The number of aryl methyl sites for hydroxylation is 1. The van der Waals surface area contributed by atoms with Gasteiger partial charge < -0.3 is 9.88 Å². The molecule has 2 heterocycles. The van der Waals surface area contributed by atoms with Crippen molar-refractivity contribution in [2.24, 2.45) is 5.92 Å². The maximum absolute atomic E-state index is 12.2. The highest BCUT2D eigenvalue weighted by Gasteiger charge is 2.14. The molecule has 0 bridgehead atoms. The second-order valence-electron chi connectivity index (χ2n) is 6.30. The standard InChI is InChI=1S/C17H25N7O/c1-2-10-23-13-19-22-16(23)11-18-17(25)21-15-8-9-20-24(15)12-14-6-4-3-5-7-14/h3-4,8-9,13-14H,2,5-7,10-12H2,1H3,(H2,18,21,25)/t14-/m0/s1. The van der Waals surface area contributed by atoms with Crippen molar-refractivity contribution in [1.29, 1.82) is 0 Å². The number of amides is 2. The highest BCUT2D eigenvalue weighted by molar-refractivity contribution is 5.88. The maximum Gasteiger partial charge on any atom is 0.320 e. The van der Waals surface area contributed by atoms with Gasteiger partial charge in [0.15, 0.2) is 5.82 Å². The number of hydrogen-bond acceptors (Lipinski definition) is 4. The molecule has 2 amide bonds. The van der Waals surface area contributed by atoms with Crippen LogP contribution in [0.5, 0.6) is 0 Å². The van der Waals surface area contributed by atoms with Crippen LogP contribution in [0.25, 0.3) is 0 Å². The number of allylic oxidation sites excluding steroid dienone is 2. The summed E-state index contributed by atoms with van der Waals surface area (Å²) in [4.78, 5) is 12.2. The second kappa shape index (κ2) is 8.46. The van der Waals surface area contributed by atoms with Gasteiger partial charge in [0.2, 0.25) is 0 Å². The average Bonchev–Trinajstić information content (AvgIpc) is 3.24. The molecule has 2 aromatic heterocycles. The highest BCUT2D eigenvalue weighted by Crippen LogP contribution is 2.21. The van der Waals surface area contributed by atoms with Crippen LogP contribution in [-0.4, -0.2) is 30.6 Å². The van der Waals surface area contributed by atoms with Gasteiger partial charge >= 0.3 is 6.03 Å². The van der Waals surface area contributed by atoms with Gasteiger partial charge in [-0.1, -0.05) is 19.1 Å². The molecular weight excluding hydrogens is 318 g/mol. The summed E-state index contributed by atoms with van der Waals surface area (Å²) in [6.45, 7) is 4.09. The summed E-state index contributed by atoms with van der Waals surface area (Å²) in [5, 5.41) is 18.0. The van der Waals surface area contributed by atoms with E-state index in [1.807, 2.05) is 15.3 Å². The van der Waals surface area contributed by atoms with Crippen molar-refractivity contribution in [2.75, 3.05) is 5.32 Å². The Morgan fingerprint density at radius 3 is 3.12 bits per heavy atom. The highest BCUT2D eigenvalue weighted by atomic mass is 16.2. The van der Waals surface area contributed by atoms with Crippen molar-refractivity contribution < 1.29 is 4.79 Å². The molecule has 0 aliphatic heterocycles. The van der Waals surface area contributed by atoms with E-state index in [1.54, 1.807) is 12.5 Å². The molecule has 3 rings (SSSR count). The van der Waals surface area contributed by atoms with Crippen LogP contribution < -0.4 is 10.6 Å². The van der Waals surface area contributed by atoms with Crippen molar-refractivity contribution in [3.63, 3.8) is 0 Å². The molecule has 1 aliphatic carbocycles. The molecule has 134 valence electrons. The van der Waals surface area contributed by atoms with Gasteiger partial charge in [0.05, 0.1) is 12.7 Å². The van der Waals surface area contributed by atoms with E-state index in [2.05, 4.69) is 45.0 Å². The molecule has 2 aromatic rings. The summed E-state index contributed by atoms with van der Waals surface area (Å²) in [6, 6.07) is 1.55. The Bertz CT molecular complexity index is 718. The van der Waals surface area contributed by atoms with Crippen molar-refractivity contribution in [1.82, 2.24) is 29.9 Å². The third kappa shape index (κ3) is 4.68. The molecule has 0 fully saturated rings. The molecule has 0 saturated heterocycles. The minimum atomic E-state index is -0.267. The minimum absolute atomic E-state index is 0.267. The Balaban J connectivity index is 1.52. The van der Waals surface area contributed by atoms with Crippen LogP contribution in [0.15, 0.2) is 30.7 Å². The van der Waals surface area contributed by atoms with Gasteiger partial charge in [0.1, 0.15) is 12.1 Å². The zero-order valence-electron chi connectivity index (χ0n) is 14.6. The van der Waals surface area contributed by atoms with E-state index in [0.717, 1.165) is 44.6 Å². The third-order valence-corrected chi connectivity index (χ3v) is 4.33. The van der Waals surface area contributed by atoms with Crippen molar-refractivity contribution >= 4 is 11.8 Å². The molecule has 1 aliphatic rings. The molecule has 0 aromatic carbocycles. The van der Waals surface area contributed by atoms with E-state index in [1.165, 1.54) is 0 Å². The number of carbonyl (C=O) groups excluding carboxylic acids is 1. The first-order chi connectivity index (χ1) is 12.3. The molecule has 0 spiro atoms. The van der Waals surface area contributed by atoms with Crippen molar-refractivity contribution in [2.45, 2.75) is 52.2 Å². The largest absolute Gasteiger partial charge is 0.331 e. The Kier molecular flexibility index (Phi) is 5.81. The second-order valence-corrected chi connectivity index (χ2v) is 6.30. The number of aromatic nitrogens is 5. The lowest BCUT2D eigenvalue weighted by molar-refractivity contribution is 0.251. The predicted octanol–water partition coefficient (Wildman–Crippen LogP) is 2.56. The fraction of sp³-hybridized carbons (Fsp3) is 0.529. The summed E-state index contributed by atoms with van der Waals surface area (Å²) in [5.74, 6) is 2.03. The topological polar surface area (TPSA) is 89.7 Å². The van der Waals surface area contributed by atoms with Gasteiger partial charge in [-0.15, -0.1) is 10.2 Å².